The number of alkyl halides is 3. The van der Waals surface area contributed by atoms with E-state index in [0.29, 0.717) is 5.56 Å². The highest BCUT2D eigenvalue weighted by atomic mass is 19.4. The number of carboxylic acid groups (broad SMARTS) is 1. The van der Waals surface area contributed by atoms with Crippen LogP contribution in [0, 0.1) is 0 Å². The number of carbonyl (C=O) groups is 3. The Balaban J connectivity index is 2.11. The third kappa shape index (κ3) is 4.20. The van der Waals surface area contributed by atoms with Crippen molar-refractivity contribution in [1.82, 2.24) is 10.3 Å². The molecule has 1 aliphatic rings. The van der Waals surface area contributed by atoms with Crippen molar-refractivity contribution in [2.24, 2.45) is 0 Å². The number of benzene rings is 1. The van der Waals surface area contributed by atoms with Gasteiger partial charge in [-0.15, -0.1) is 0 Å². The molecule has 1 atom stereocenters. The summed E-state index contributed by atoms with van der Waals surface area (Å²) in [7, 11) is 1.12. The van der Waals surface area contributed by atoms with Crippen molar-refractivity contribution in [3.8, 4) is 0 Å². The van der Waals surface area contributed by atoms with E-state index in [1.807, 2.05) is 0 Å². The van der Waals surface area contributed by atoms with Crippen LogP contribution in [0.1, 0.15) is 34.6 Å². The zero-order valence-electron chi connectivity index (χ0n) is 16.2. The molecule has 1 aromatic carbocycles. The lowest BCUT2D eigenvalue weighted by molar-refractivity contribution is -0.138. The van der Waals surface area contributed by atoms with Crippen LogP contribution in [-0.2, 0) is 15.7 Å². The lowest BCUT2D eigenvalue weighted by Gasteiger charge is -2.35. The second kappa shape index (κ2) is 8.09. The van der Waals surface area contributed by atoms with Crippen LogP contribution in [0.5, 0.6) is 0 Å². The number of carboxylic acids is 1. The second-order valence-corrected chi connectivity index (χ2v) is 6.54. The summed E-state index contributed by atoms with van der Waals surface area (Å²) in [6, 6.07) is 4.86. The van der Waals surface area contributed by atoms with Crippen LogP contribution in [0.25, 0.3) is 0 Å². The van der Waals surface area contributed by atoms with E-state index < -0.39 is 35.8 Å². The fourth-order valence-electron chi connectivity index (χ4n) is 3.20. The standard InChI is InChI=1S/C20H16F3N3O5/c1-10-15(18(29)31-2)16(11-6-7-14(17(27)28)24-9-11)25-19(30)26(10)13-5-3-4-12(8-13)20(21,22)23/h3-9,16H,1-2H3,(H,25,30)(H,27,28). The molecule has 162 valence electrons. The highest BCUT2D eigenvalue weighted by Gasteiger charge is 2.38. The Labute approximate surface area is 173 Å². The maximum atomic E-state index is 13.1. The summed E-state index contributed by atoms with van der Waals surface area (Å²) in [4.78, 5) is 41.0. The SMILES string of the molecule is COC(=O)C1=C(C)N(c2cccc(C(F)(F)F)c2)C(=O)NC1c1ccc(C(=O)O)nc1. The number of halogens is 3. The molecule has 2 heterocycles. The number of methoxy groups -OCH3 is 1. The number of urea groups is 1. The van der Waals surface area contributed by atoms with Gasteiger partial charge in [-0.3, -0.25) is 4.90 Å². The summed E-state index contributed by atoms with van der Waals surface area (Å²) in [5, 5.41) is 11.5. The number of ether oxygens (including phenoxy) is 1. The van der Waals surface area contributed by atoms with Gasteiger partial charge in [0.1, 0.15) is 5.69 Å². The van der Waals surface area contributed by atoms with E-state index in [1.54, 1.807) is 0 Å². The molecule has 2 aromatic rings. The predicted octanol–water partition coefficient (Wildman–Crippen LogP) is 3.52. The average Bonchev–Trinajstić information content (AvgIpc) is 2.72. The molecule has 2 N–H and O–H groups in total. The Bertz CT molecular complexity index is 1080. The number of rotatable bonds is 4. The zero-order chi connectivity index (χ0) is 22.9. The molecule has 0 fully saturated rings. The van der Waals surface area contributed by atoms with Gasteiger partial charge in [-0.2, -0.15) is 13.2 Å². The van der Waals surface area contributed by atoms with Crippen LogP contribution < -0.4 is 10.2 Å². The average molecular weight is 435 g/mol. The topological polar surface area (TPSA) is 109 Å². The molecule has 1 aromatic heterocycles. The number of amides is 2. The number of pyridine rings is 1. The number of hydrogen-bond donors (Lipinski definition) is 2. The lowest BCUT2D eigenvalue weighted by atomic mass is 9.95. The van der Waals surface area contributed by atoms with Crippen LogP contribution in [0.15, 0.2) is 53.9 Å². The first-order valence-electron chi connectivity index (χ1n) is 8.80. The summed E-state index contributed by atoms with van der Waals surface area (Å²) >= 11 is 0. The Morgan fingerprint density at radius 1 is 1.23 bits per heavy atom. The summed E-state index contributed by atoms with van der Waals surface area (Å²) in [5.74, 6) is -2.07. The van der Waals surface area contributed by atoms with E-state index >= 15 is 0 Å². The molecule has 0 saturated heterocycles. The summed E-state index contributed by atoms with van der Waals surface area (Å²) < 4.78 is 44.1. The lowest BCUT2D eigenvalue weighted by Crippen LogP contribution is -2.48. The molecule has 11 heteroatoms. The van der Waals surface area contributed by atoms with Gasteiger partial charge >= 0.3 is 24.1 Å². The van der Waals surface area contributed by atoms with Crippen LogP contribution in [-0.4, -0.2) is 35.2 Å². The van der Waals surface area contributed by atoms with Crippen molar-refractivity contribution >= 4 is 23.7 Å². The van der Waals surface area contributed by atoms with Crippen LogP contribution in [0.4, 0.5) is 23.7 Å². The van der Waals surface area contributed by atoms with Gasteiger partial charge in [0, 0.05) is 11.9 Å². The third-order valence-corrected chi connectivity index (χ3v) is 4.66. The Hall–Kier alpha value is -3.89. The normalized spacial score (nSPS) is 16.7. The van der Waals surface area contributed by atoms with Crippen molar-refractivity contribution in [2.45, 2.75) is 19.1 Å². The van der Waals surface area contributed by atoms with Crippen LogP contribution in [0.2, 0.25) is 0 Å². The minimum absolute atomic E-state index is 0.0376. The third-order valence-electron chi connectivity index (χ3n) is 4.66. The first-order chi connectivity index (χ1) is 14.5. The highest BCUT2D eigenvalue weighted by Crippen LogP contribution is 2.36. The molecule has 31 heavy (non-hydrogen) atoms. The zero-order valence-corrected chi connectivity index (χ0v) is 16.2. The van der Waals surface area contributed by atoms with Crippen molar-refractivity contribution in [1.29, 1.82) is 0 Å². The number of aromatic nitrogens is 1. The van der Waals surface area contributed by atoms with Crippen molar-refractivity contribution < 1.29 is 37.4 Å². The Morgan fingerprint density at radius 3 is 2.48 bits per heavy atom. The van der Waals surface area contributed by atoms with Crippen molar-refractivity contribution in [3.63, 3.8) is 0 Å². The first kappa shape index (κ1) is 21.8. The number of nitrogens with zero attached hydrogens (tertiary/aromatic N) is 2. The molecule has 0 saturated carbocycles. The summed E-state index contributed by atoms with van der Waals surface area (Å²) in [5.41, 5.74) is -0.977. The number of allylic oxidation sites excluding steroid dienone is 1. The van der Waals surface area contributed by atoms with E-state index in [1.165, 1.54) is 31.3 Å². The summed E-state index contributed by atoms with van der Waals surface area (Å²) in [6.45, 7) is 1.40. The van der Waals surface area contributed by atoms with E-state index in [2.05, 4.69) is 10.3 Å². The molecule has 3 rings (SSSR count). The van der Waals surface area contributed by atoms with Gasteiger partial charge in [0.2, 0.25) is 0 Å². The number of carbonyl (C=O) groups excluding carboxylic acids is 2. The number of nitrogens with one attached hydrogen (secondary N) is 1. The molecule has 8 nitrogen and oxygen atoms in total. The van der Waals surface area contributed by atoms with Crippen molar-refractivity contribution in [3.05, 3.63) is 70.7 Å². The first-order valence-corrected chi connectivity index (χ1v) is 8.80. The molecule has 1 unspecified atom stereocenters. The van der Waals surface area contributed by atoms with Gasteiger partial charge in [0.05, 0.1) is 30.0 Å². The van der Waals surface area contributed by atoms with E-state index in [9.17, 15) is 27.6 Å². The molecule has 1 aliphatic heterocycles. The number of esters is 1. The maximum absolute atomic E-state index is 13.1. The molecule has 0 bridgehead atoms. The van der Waals surface area contributed by atoms with Crippen LogP contribution >= 0.6 is 0 Å². The second-order valence-electron chi connectivity index (χ2n) is 6.54. The largest absolute Gasteiger partial charge is 0.477 e. The minimum Gasteiger partial charge on any atom is -0.477 e. The van der Waals surface area contributed by atoms with Crippen LogP contribution in [0.3, 0.4) is 0 Å². The monoisotopic (exact) mass is 435 g/mol. The molecular weight excluding hydrogens is 419 g/mol. The highest BCUT2D eigenvalue weighted by molar-refractivity contribution is 6.03. The van der Waals surface area contributed by atoms with Gasteiger partial charge in [0.25, 0.3) is 0 Å². The Kier molecular flexibility index (Phi) is 5.69. The molecule has 0 spiro atoms. The quantitative estimate of drug-likeness (QED) is 0.712. The fourth-order valence-corrected chi connectivity index (χ4v) is 3.20. The van der Waals surface area contributed by atoms with Crippen molar-refractivity contribution in [2.75, 3.05) is 12.0 Å². The van der Waals surface area contributed by atoms with E-state index in [4.69, 9.17) is 9.84 Å². The maximum Gasteiger partial charge on any atom is 0.416 e. The molecule has 0 radical (unpaired) electrons. The van der Waals surface area contributed by atoms with E-state index in [0.717, 1.165) is 30.2 Å². The smallest absolute Gasteiger partial charge is 0.416 e. The van der Waals surface area contributed by atoms with Gasteiger partial charge in [-0.1, -0.05) is 12.1 Å². The number of hydrogen-bond acceptors (Lipinski definition) is 5. The minimum atomic E-state index is -4.62. The fraction of sp³-hybridized carbons (Fsp3) is 0.200. The number of aromatic carboxylic acids is 1. The van der Waals surface area contributed by atoms with Gasteiger partial charge < -0.3 is 15.2 Å². The molecular formula is C20H16F3N3O5. The molecule has 2 amide bonds. The van der Waals surface area contributed by atoms with Gasteiger partial charge in [-0.25, -0.2) is 19.4 Å². The van der Waals surface area contributed by atoms with E-state index in [-0.39, 0.29) is 22.7 Å². The number of anilines is 1. The summed E-state index contributed by atoms with van der Waals surface area (Å²) in [6.07, 6.45) is -3.43. The van der Waals surface area contributed by atoms with Gasteiger partial charge in [0.15, 0.2) is 0 Å². The Morgan fingerprint density at radius 2 is 1.94 bits per heavy atom. The predicted molar refractivity (Wildman–Crippen MR) is 101 cm³/mol. The van der Waals surface area contributed by atoms with Gasteiger partial charge in [-0.05, 0) is 36.8 Å². The molecule has 0 aliphatic carbocycles.